The van der Waals surface area contributed by atoms with E-state index in [1.54, 1.807) is 0 Å². The van der Waals surface area contributed by atoms with Crippen molar-refractivity contribution in [3.8, 4) is 0 Å². The maximum absolute atomic E-state index is 10.6. The lowest BCUT2D eigenvalue weighted by molar-refractivity contribution is -0.129. The van der Waals surface area contributed by atoms with Gasteiger partial charge in [-0.25, -0.2) is 4.79 Å². The average molecular weight is 249 g/mol. The second-order valence-corrected chi connectivity index (χ2v) is 4.09. The van der Waals surface area contributed by atoms with Crippen molar-refractivity contribution < 1.29 is 19.5 Å². The first kappa shape index (κ1) is 12.6. The van der Waals surface area contributed by atoms with Crippen LogP contribution >= 0.6 is 0 Å². The molecule has 1 atom stereocenters. The van der Waals surface area contributed by atoms with E-state index < -0.39 is 5.97 Å². The van der Waals surface area contributed by atoms with Crippen LogP contribution in [-0.2, 0) is 20.8 Å². The summed E-state index contributed by atoms with van der Waals surface area (Å²) >= 11 is 0. The predicted molar refractivity (Wildman–Crippen MR) is 65.5 cm³/mol. The third-order valence-corrected chi connectivity index (χ3v) is 2.66. The zero-order valence-corrected chi connectivity index (χ0v) is 9.91. The number of hydrogen-bond donors (Lipinski definition) is 1. The van der Waals surface area contributed by atoms with E-state index in [1.165, 1.54) is 5.56 Å². The van der Waals surface area contributed by atoms with Gasteiger partial charge in [0.2, 0.25) is 0 Å². The van der Waals surface area contributed by atoms with Crippen LogP contribution in [0.1, 0.15) is 12.0 Å². The van der Waals surface area contributed by atoms with Crippen LogP contribution in [0.15, 0.2) is 35.5 Å². The maximum Gasteiger partial charge on any atom is 0.353 e. The Kier molecular flexibility index (Phi) is 4.30. The normalized spacial score (nSPS) is 18.2. The Morgan fingerprint density at radius 1 is 1.44 bits per heavy atom. The van der Waals surface area contributed by atoms with E-state index in [1.807, 2.05) is 30.3 Å². The Balaban J connectivity index is 1.62. The number of carboxylic acids is 1. The van der Waals surface area contributed by atoms with E-state index in [0.717, 1.165) is 6.42 Å². The predicted octanol–water partition coefficient (Wildman–Crippen LogP) is 1.48. The zero-order valence-electron chi connectivity index (χ0n) is 9.91. The third kappa shape index (κ3) is 3.56. The smallest absolute Gasteiger partial charge is 0.353 e. The molecule has 1 heterocycles. The van der Waals surface area contributed by atoms with Gasteiger partial charge in [0.1, 0.15) is 0 Å². The Morgan fingerprint density at radius 3 is 2.89 bits per heavy atom. The van der Waals surface area contributed by atoms with Gasteiger partial charge < -0.3 is 14.7 Å². The van der Waals surface area contributed by atoms with E-state index >= 15 is 0 Å². The van der Waals surface area contributed by atoms with E-state index in [4.69, 9.17) is 14.7 Å². The first-order chi connectivity index (χ1) is 8.75. The van der Waals surface area contributed by atoms with Gasteiger partial charge in [-0.3, -0.25) is 0 Å². The number of oxime groups is 1. The van der Waals surface area contributed by atoms with Gasteiger partial charge in [0, 0.05) is 6.42 Å². The highest BCUT2D eigenvalue weighted by atomic mass is 16.7. The SMILES string of the molecule is O=C(O)C1=NOC(COCCc2ccccc2)C1. The minimum absolute atomic E-state index is 0.0617. The van der Waals surface area contributed by atoms with Crippen LogP contribution in [0.5, 0.6) is 0 Å². The minimum atomic E-state index is -1.03. The molecule has 96 valence electrons. The van der Waals surface area contributed by atoms with Crippen molar-refractivity contribution in [1.82, 2.24) is 0 Å². The highest BCUT2D eigenvalue weighted by Gasteiger charge is 2.25. The van der Waals surface area contributed by atoms with Gasteiger partial charge in [0.15, 0.2) is 11.8 Å². The van der Waals surface area contributed by atoms with Gasteiger partial charge in [0.05, 0.1) is 13.2 Å². The van der Waals surface area contributed by atoms with Crippen LogP contribution < -0.4 is 0 Å². The van der Waals surface area contributed by atoms with Gasteiger partial charge >= 0.3 is 5.97 Å². The highest BCUT2D eigenvalue weighted by molar-refractivity contribution is 6.35. The molecule has 0 saturated carbocycles. The van der Waals surface area contributed by atoms with E-state index in [2.05, 4.69) is 5.16 Å². The van der Waals surface area contributed by atoms with E-state index in [-0.39, 0.29) is 11.8 Å². The van der Waals surface area contributed by atoms with Crippen LogP contribution in [0.25, 0.3) is 0 Å². The molecule has 0 bridgehead atoms. The van der Waals surface area contributed by atoms with Crippen molar-refractivity contribution >= 4 is 11.7 Å². The summed E-state index contributed by atoms with van der Waals surface area (Å²) in [5.74, 6) is -1.03. The third-order valence-electron chi connectivity index (χ3n) is 2.66. The number of rotatable bonds is 6. The molecule has 1 aliphatic heterocycles. The lowest BCUT2D eigenvalue weighted by atomic mass is 10.2. The maximum atomic E-state index is 10.6. The van der Waals surface area contributed by atoms with E-state index in [0.29, 0.717) is 19.6 Å². The average Bonchev–Trinajstić information content (AvgIpc) is 2.85. The van der Waals surface area contributed by atoms with Crippen LogP contribution in [-0.4, -0.2) is 36.1 Å². The van der Waals surface area contributed by atoms with Crippen molar-refractivity contribution in [2.45, 2.75) is 18.9 Å². The molecule has 18 heavy (non-hydrogen) atoms. The van der Waals surface area contributed by atoms with Crippen LogP contribution in [0.2, 0.25) is 0 Å². The lowest BCUT2D eigenvalue weighted by Crippen LogP contribution is -2.19. The Bertz CT molecular complexity index is 430. The molecule has 0 radical (unpaired) electrons. The first-order valence-corrected chi connectivity index (χ1v) is 5.83. The first-order valence-electron chi connectivity index (χ1n) is 5.83. The lowest BCUT2D eigenvalue weighted by Gasteiger charge is -2.08. The molecule has 5 nitrogen and oxygen atoms in total. The fourth-order valence-corrected chi connectivity index (χ4v) is 1.69. The molecule has 1 aromatic rings. The Labute approximate surface area is 105 Å². The summed E-state index contributed by atoms with van der Waals surface area (Å²) in [5.41, 5.74) is 1.28. The number of carbonyl (C=O) groups is 1. The van der Waals surface area contributed by atoms with Crippen molar-refractivity contribution in [3.63, 3.8) is 0 Å². The van der Waals surface area contributed by atoms with Crippen molar-refractivity contribution in [1.29, 1.82) is 0 Å². The fraction of sp³-hybridized carbons (Fsp3) is 0.385. The van der Waals surface area contributed by atoms with Crippen LogP contribution in [0.4, 0.5) is 0 Å². The summed E-state index contributed by atoms with van der Waals surface area (Å²) < 4.78 is 5.46. The highest BCUT2D eigenvalue weighted by Crippen LogP contribution is 2.11. The number of benzene rings is 1. The summed E-state index contributed by atoms with van der Waals surface area (Å²) in [7, 11) is 0. The summed E-state index contributed by atoms with van der Waals surface area (Å²) in [4.78, 5) is 15.6. The molecule has 0 saturated heterocycles. The second-order valence-electron chi connectivity index (χ2n) is 4.09. The summed E-state index contributed by atoms with van der Waals surface area (Å²) in [6.07, 6.45) is 0.868. The number of hydrogen-bond acceptors (Lipinski definition) is 4. The monoisotopic (exact) mass is 249 g/mol. The standard InChI is InChI=1S/C13H15NO4/c15-13(16)12-8-11(18-14-12)9-17-7-6-10-4-2-1-3-5-10/h1-5,11H,6-9H2,(H,15,16). The van der Waals surface area contributed by atoms with Gasteiger partial charge in [-0.05, 0) is 12.0 Å². The summed E-state index contributed by atoms with van der Waals surface area (Å²) in [5, 5.41) is 12.2. The van der Waals surface area contributed by atoms with Gasteiger partial charge in [-0.2, -0.15) is 0 Å². The molecule has 1 aliphatic rings. The molecule has 0 fully saturated rings. The fourth-order valence-electron chi connectivity index (χ4n) is 1.69. The number of nitrogens with zero attached hydrogens (tertiary/aromatic N) is 1. The zero-order chi connectivity index (χ0) is 12.8. The molecular weight excluding hydrogens is 234 g/mol. The Hall–Kier alpha value is -1.88. The van der Waals surface area contributed by atoms with Gasteiger partial charge in [0.25, 0.3) is 0 Å². The summed E-state index contributed by atoms with van der Waals surface area (Å²) in [6.45, 7) is 0.958. The number of carboxylic acid groups (broad SMARTS) is 1. The van der Waals surface area contributed by atoms with Gasteiger partial charge in [-0.1, -0.05) is 35.5 Å². The molecule has 1 N–H and O–H groups in total. The Morgan fingerprint density at radius 2 is 2.22 bits per heavy atom. The molecule has 0 amide bonds. The topological polar surface area (TPSA) is 68.1 Å². The molecular formula is C13H15NO4. The number of aliphatic carboxylic acids is 1. The summed E-state index contributed by atoms with van der Waals surface area (Å²) in [6, 6.07) is 10.0. The van der Waals surface area contributed by atoms with E-state index in [9.17, 15) is 4.79 Å². The second kappa shape index (κ2) is 6.16. The van der Waals surface area contributed by atoms with Crippen molar-refractivity contribution in [2.24, 2.45) is 5.16 Å². The number of ether oxygens (including phenoxy) is 1. The quantitative estimate of drug-likeness (QED) is 0.775. The van der Waals surface area contributed by atoms with Crippen molar-refractivity contribution in [3.05, 3.63) is 35.9 Å². The molecule has 0 aromatic heterocycles. The molecule has 5 heteroatoms. The largest absolute Gasteiger partial charge is 0.477 e. The van der Waals surface area contributed by atoms with Crippen molar-refractivity contribution in [2.75, 3.05) is 13.2 Å². The van der Waals surface area contributed by atoms with Crippen LogP contribution in [0.3, 0.4) is 0 Å². The molecule has 2 rings (SSSR count). The van der Waals surface area contributed by atoms with Crippen LogP contribution in [0, 0.1) is 0 Å². The molecule has 0 aliphatic carbocycles. The molecule has 0 spiro atoms. The molecule has 1 unspecified atom stereocenters. The van der Waals surface area contributed by atoms with Gasteiger partial charge in [-0.15, -0.1) is 0 Å². The minimum Gasteiger partial charge on any atom is -0.477 e. The molecule has 1 aromatic carbocycles.